The highest BCUT2D eigenvalue weighted by molar-refractivity contribution is 5.47. The van der Waals surface area contributed by atoms with Crippen LogP contribution in [0, 0.1) is 20.8 Å². The number of hydrogen-bond acceptors (Lipinski definition) is 5. The summed E-state index contributed by atoms with van der Waals surface area (Å²) in [6.45, 7) is 6.88. The first-order chi connectivity index (χ1) is 9.52. The molecule has 0 fully saturated rings. The number of hydrogen-bond donors (Lipinski definition) is 2. The fraction of sp³-hybridized carbons (Fsp3) is 0.462. The van der Waals surface area contributed by atoms with E-state index < -0.39 is 0 Å². The van der Waals surface area contributed by atoms with E-state index in [-0.39, 0.29) is 5.56 Å². The lowest BCUT2D eigenvalue weighted by Gasteiger charge is -2.11. The summed E-state index contributed by atoms with van der Waals surface area (Å²) < 4.78 is 6.34. The molecule has 0 bridgehead atoms. The highest BCUT2D eigenvalue weighted by atomic mass is 16.5. The van der Waals surface area contributed by atoms with Crippen LogP contribution in [0.3, 0.4) is 0 Å². The van der Waals surface area contributed by atoms with Crippen molar-refractivity contribution in [3.63, 3.8) is 0 Å². The molecular weight excluding hydrogens is 258 g/mol. The SMILES string of the molecule is COCCNc1nc(-n2[nH]c(C)cc2=O)nc(C)c1C. The lowest BCUT2D eigenvalue weighted by atomic mass is 10.2. The van der Waals surface area contributed by atoms with Gasteiger partial charge in [-0.2, -0.15) is 9.67 Å². The highest BCUT2D eigenvalue weighted by Gasteiger charge is 2.11. The van der Waals surface area contributed by atoms with Crippen LogP contribution in [-0.2, 0) is 4.74 Å². The van der Waals surface area contributed by atoms with Crippen LogP contribution in [0.1, 0.15) is 17.0 Å². The minimum Gasteiger partial charge on any atom is -0.383 e. The number of aromatic amines is 1. The first kappa shape index (κ1) is 14.3. The Morgan fingerprint density at radius 1 is 1.35 bits per heavy atom. The summed E-state index contributed by atoms with van der Waals surface area (Å²) in [7, 11) is 1.65. The van der Waals surface area contributed by atoms with Gasteiger partial charge in [0.15, 0.2) is 0 Å². The molecule has 2 aromatic heterocycles. The summed E-state index contributed by atoms with van der Waals surface area (Å²) in [6.07, 6.45) is 0. The van der Waals surface area contributed by atoms with E-state index in [2.05, 4.69) is 20.4 Å². The Morgan fingerprint density at radius 2 is 2.10 bits per heavy atom. The Morgan fingerprint density at radius 3 is 2.70 bits per heavy atom. The van der Waals surface area contributed by atoms with Crippen molar-refractivity contribution in [1.82, 2.24) is 19.7 Å². The zero-order valence-corrected chi connectivity index (χ0v) is 12.1. The Hall–Kier alpha value is -2.15. The summed E-state index contributed by atoms with van der Waals surface area (Å²) in [6, 6.07) is 1.51. The molecule has 2 rings (SSSR count). The summed E-state index contributed by atoms with van der Waals surface area (Å²) in [4.78, 5) is 20.6. The second-order valence-corrected chi connectivity index (χ2v) is 4.62. The number of nitrogens with one attached hydrogen (secondary N) is 2. The van der Waals surface area contributed by atoms with E-state index in [9.17, 15) is 4.79 Å². The normalized spacial score (nSPS) is 10.8. The van der Waals surface area contributed by atoms with Gasteiger partial charge in [0, 0.05) is 36.7 Å². The first-order valence-electron chi connectivity index (χ1n) is 6.40. The van der Waals surface area contributed by atoms with Crippen molar-refractivity contribution in [3.8, 4) is 5.95 Å². The number of rotatable bonds is 5. The molecule has 7 nitrogen and oxygen atoms in total. The zero-order chi connectivity index (χ0) is 14.7. The molecule has 2 heterocycles. The van der Waals surface area contributed by atoms with E-state index >= 15 is 0 Å². The van der Waals surface area contributed by atoms with Crippen LogP contribution in [0.15, 0.2) is 10.9 Å². The predicted molar refractivity (Wildman–Crippen MR) is 76.6 cm³/mol. The van der Waals surface area contributed by atoms with Crippen molar-refractivity contribution < 1.29 is 4.74 Å². The molecule has 7 heteroatoms. The third kappa shape index (κ3) is 2.88. The van der Waals surface area contributed by atoms with Gasteiger partial charge in [-0.1, -0.05) is 0 Å². The number of H-pyrrole nitrogens is 1. The number of aryl methyl sites for hydroxylation is 2. The molecular formula is C13H19N5O2. The van der Waals surface area contributed by atoms with E-state index in [1.54, 1.807) is 7.11 Å². The molecule has 0 saturated heterocycles. The molecule has 0 amide bonds. The van der Waals surface area contributed by atoms with Crippen LogP contribution in [0.25, 0.3) is 5.95 Å². The van der Waals surface area contributed by atoms with Crippen molar-refractivity contribution in [1.29, 1.82) is 0 Å². The van der Waals surface area contributed by atoms with Gasteiger partial charge in [-0.15, -0.1) is 0 Å². The van der Waals surface area contributed by atoms with E-state index in [0.29, 0.717) is 24.9 Å². The quantitative estimate of drug-likeness (QED) is 0.794. The molecule has 0 aromatic carbocycles. The van der Waals surface area contributed by atoms with Crippen LogP contribution >= 0.6 is 0 Å². The van der Waals surface area contributed by atoms with E-state index in [1.165, 1.54) is 10.7 Å². The van der Waals surface area contributed by atoms with Crippen molar-refractivity contribution in [3.05, 3.63) is 33.4 Å². The van der Waals surface area contributed by atoms with Crippen molar-refractivity contribution in [2.75, 3.05) is 25.6 Å². The van der Waals surface area contributed by atoms with Crippen molar-refractivity contribution in [2.45, 2.75) is 20.8 Å². The van der Waals surface area contributed by atoms with Gasteiger partial charge < -0.3 is 10.1 Å². The lowest BCUT2D eigenvalue weighted by molar-refractivity contribution is 0.210. The summed E-state index contributed by atoms with van der Waals surface area (Å²) in [5, 5.41) is 6.11. The maximum atomic E-state index is 11.8. The van der Waals surface area contributed by atoms with Gasteiger partial charge in [0.05, 0.1) is 6.61 Å². The minimum atomic E-state index is -0.173. The smallest absolute Gasteiger partial charge is 0.274 e. The van der Waals surface area contributed by atoms with E-state index in [1.807, 2.05) is 20.8 Å². The monoisotopic (exact) mass is 277 g/mol. The molecule has 0 unspecified atom stereocenters. The largest absolute Gasteiger partial charge is 0.383 e. The lowest BCUT2D eigenvalue weighted by Crippen LogP contribution is -2.19. The molecule has 0 atom stereocenters. The molecule has 2 N–H and O–H groups in total. The molecule has 20 heavy (non-hydrogen) atoms. The third-order valence-corrected chi connectivity index (χ3v) is 3.02. The summed E-state index contributed by atoms with van der Waals surface area (Å²) >= 11 is 0. The molecule has 2 aromatic rings. The van der Waals surface area contributed by atoms with Crippen LogP contribution in [0.2, 0.25) is 0 Å². The average Bonchev–Trinajstić information content (AvgIpc) is 2.73. The first-order valence-corrected chi connectivity index (χ1v) is 6.40. The number of ether oxygens (including phenoxy) is 1. The predicted octanol–water partition coefficient (Wildman–Crippen LogP) is 0.939. The molecule has 108 valence electrons. The third-order valence-electron chi connectivity index (χ3n) is 3.02. The summed E-state index contributed by atoms with van der Waals surface area (Å²) in [5.41, 5.74) is 2.38. The zero-order valence-electron chi connectivity index (χ0n) is 12.1. The van der Waals surface area contributed by atoms with Crippen LogP contribution in [0.4, 0.5) is 5.82 Å². The topological polar surface area (TPSA) is 84.8 Å². The fourth-order valence-corrected chi connectivity index (χ4v) is 1.82. The van der Waals surface area contributed by atoms with Gasteiger partial charge in [0.1, 0.15) is 5.82 Å². The van der Waals surface area contributed by atoms with Crippen molar-refractivity contribution >= 4 is 5.82 Å². The molecule has 0 saturated carbocycles. The van der Waals surface area contributed by atoms with Crippen LogP contribution < -0.4 is 10.9 Å². The second-order valence-electron chi connectivity index (χ2n) is 4.62. The van der Waals surface area contributed by atoms with Gasteiger partial charge in [-0.3, -0.25) is 9.89 Å². The fourth-order valence-electron chi connectivity index (χ4n) is 1.82. The highest BCUT2D eigenvalue weighted by Crippen LogP contribution is 2.15. The van der Waals surface area contributed by atoms with E-state index in [0.717, 1.165) is 17.0 Å². The molecule has 0 aliphatic rings. The maximum absolute atomic E-state index is 11.8. The van der Waals surface area contributed by atoms with Crippen LogP contribution in [0.5, 0.6) is 0 Å². The molecule has 0 aliphatic heterocycles. The molecule has 0 radical (unpaired) electrons. The molecule has 0 aliphatic carbocycles. The second kappa shape index (κ2) is 5.87. The average molecular weight is 277 g/mol. The van der Waals surface area contributed by atoms with Gasteiger partial charge in [-0.25, -0.2) is 4.98 Å². The number of nitrogens with zero attached hydrogens (tertiary/aromatic N) is 3. The van der Waals surface area contributed by atoms with Gasteiger partial charge >= 0.3 is 0 Å². The molecule has 0 spiro atoms. The Balaban J connectivity index is 2.40. The maximum Gasteiger partial charge on any atom is 0.274 e. The Kier molecular flexibility index (Phi) is 4.19. The number of anilines is 1. The van der Waals surface area contributed by atoms with Gasteiger partial charge in [-0.05, 0) is 20.8 Å². The Bertz CT molecular complexity index is 659. The number of aromatic nitrogens is 4. The van der Waals surface area contributed by atoms with Gasteiger partial charge in [0.2, 0.25) is 0 Å². The van der Waals surface area contributed by atoms with Crippen LogP contribution in [-0.4, -0.2) is 40.0 Å². The Labute approximate surface area is 117 Å². The summed E-state index contributed by atoms with van der Waals surface area (Å²) in [5.74, 6) is 1.05. The van der Waals surface area contributed by atoms with Crippen molar-refractivity contribution in [2.24, 2.45) is 0 Å². The minimum absolute atomic E-state index is 0.173. The number of methoxy groups -OCH3 is 1. The van der Waals surface area contributed by atoms with E-state index in [4.69, 9.17) is 4.74 Å². The van der Waals surface area contributed by atoms with Gasteiger partial charge in [0.25, 0.3) is 11.5 Å². The standard InChI is InChI=1S/C13H19N5O2/c1-8-7-11(19)18(17-8)13-15-10(3)9(2)12(16-13)14-5-6-20-4/h7,17H,5-6H2,1-4H3,(H,14,15,16).